The van der Waals surface area contributed by atoms with Gasteiger partial charge in [-0.25, -0.2) is 4.79 Å². The minimum atomic E-state index is -0.385. The van der Waals surface area contributed by atoms with Crippen LogP contribution in [-0.2, 0) is 9.53 Å². The largest absolute Gasteiger partial charge is 0.465 e. The predicted octanol–water partition coefficient (Wildman–Crippen LogP) is 1.07. The van der Waals surface area contributed by atoms with Crippen LogP contribution in [0.2, 0.25) is 0 Å². The molecule has 0 saturated carbocycles. The number of methoxy groups -OCH3 is 1. The number of thioether (sulfide) groups is 1. The second-order valence-electron chi connectivity index (χ2n) is 2.01. The molecule has 11 heavy (non-hydrogen) atoms. The van der Waals surface area contributed by atoms with Gasteiger partial charge in [-0.2, -0.15) is 5.26 Å². The molecule has 1 aliphatic rings. The SMILES string of the molecule is COC(=O)C1=C(C#N)CCS1. The standard InChI is InChI=1S/C7H7NO2S/c1-10-7(9)6-5(4-8)2-3-11-6/h2-3H2,1H3. The molecule has 0 amide bonds. The Morgan fingerprint density at radius 3 is 3.09 bits per heavy atom. The van der Waals surface area contributed by atoms with Crippen LogP contribution in [0.25, 0.3) is 0 Å². The molecule has 0 atom stereocenters. The smallest absolute Gasteiger partial charge is 0.345 e. The van der Waals surface area contributed by atoms with Crippen molar-refractivity contribution in [1.82, 2.24) is 0 Å². The molecule has 1 heterocycles. The minimum absolute atomic E-state index is 0.385. The third-order valence-corrected chi connectivity index (χ3v) is 2.49. The summed E-state index contributed by atoms with van der Waals surface area (Å²) in [6, 6.07) is 1.99. The van der Waals surface area contributed by atoms with Crippen LogP contribution in [0.1, 0.15) is 6.42 Å². The number of nitrogens with zero attached hydrogens (tertiary/aromatic N) is 1. The third-order valence-electron chi connectivity index (χ3n) is 1.38. The zero-order chi connectivity index (χ0) is 8.27. The van der Waals surface area contributed by atoms with Crippen LogP contribution in [0.3, 0.4) is 0 Å². The highest BCUT2D eigenvalue weighted by molar-refractivity contribution is 8.04. The first kappa shape index (κ1) is 8.15. The van der Waals surface area contributed by atoms with Crippen molar-refractivity contribution in [3.63, 3.8) is 0 Å². The summed E-state index contributed by atoms with van der Waals surface area (Å²) < 4.78 is 4.50. The highest BCUT2D eigenvalue weighted by Crippen LogP contribution is 2.31. The maximum absolute atomic E-state index is 10.9. The Morgan fingerprint density at radius 2 is 2.55 bits per heavy atom. The molecule has 0 bridgehead atoms. The Kier molecular flexibility index (Phi) is 2.55. The van der Waals surface area contributed by atoms with Crippen LogP contribution < -0.4 is 0 Å². The number of ether oxygens (including phenoxy) is 1. The van der Waals surface area contributed by atoms with E-state index in [2.05, 4.69) is 4.74 Å². The topological polar surface area (TPSA) is 50.1 Å². The van der Waals surface area contributed by atoms with Gasteiger partial charge in [0.1, 0.15) is 4.91 Å². The summed E-state index contributed by atoms with van der Waals surface area (Å²) in [5.74, 6) is 0.428. The van der Waals surface area contributed by atoms with Gasteiger partial charge in [-0.05, 0) is 6.42 Å². The second kappa shape index (κ2) is 3.44. The highest BCUT2D eigenvalue weighted by Gasteiger charge is 2.21. The van der Waals surface area contributed by atoms with E-state index in [4.69, 9.17) is 5.26 Å². The maximum atomic E-state index is 10.9. The number of hydrogen-bond donors (Lipinski definition) is 0. The molecule has 0 N–H and O–H groups in total. The van der Waals surface area contributed by atoms with Gasteiger partial charge in [-0.15, -0.1) is 11.8 Å². The molecule has 0 spiro atoms. The van der Waals surface area contributed by atoms with E-state index < -0.39 is 0 Å². The van der Waals surface area contributed by atoms with E-state index in [0.717, 1.165) is 5.75 Å². The average Bonchev–Trinajstić information content (AvgIpc) is 2.50. The van der Waals surface area contributed by atoms with Gasteiger partial charge in [0, 0.05) is 5.75 Å². The van der Waals surface area contributed by atoms with Crippen molar-refractivity contribution in [2.45, 2.75) is 6.42 Å². The lowest BCUT2D eigenvalue weighted by Gasteiger charge is -1.96. The molecule has 0 radical (unpaired) electrons. The highest BCUT2D eigenvalue weighted by atomic mass is 32.2. The molecule has 1 aliphatic heterocycles. The van der Waals surface area contributed by atoms with E-state index in [-0.39, 0.29) is 5.97 Å². The lowest BCUT2D eigenvalue weighted by atomic mass is 10.2. The van der Waals surface area contributed by atoms with Gasteiger partial charge in [0.15, 0.2) is 0 Å². The van der Waals surface area contributed by atoms with E-state index in [9.17, 15) is 4.79 Å². The molecule has 0 unspecified atom stereocenters. The zero-order valence-electron chi connectivity index (χ0n) is 6.09. The number of allylic oxidation sites excluding steroid dienone is 1. The average molecular weight is 169 g/mol. The molecular weight excluding hydrogens is 162 g/mol. The Labute approximate surface area is 69.0 Å². The fraction of sp³-hybridized carbons (Fsp3) is 0.429. The van der Waals surface area contributed by atoms with Crippen molar-refractivity contribution in [3.8, 4) is 6.07 Å². The molecule has 0 aliphatic carbocycles. The number of rotatable bonds is 1. The van der Waals surface area contributed by atoms with Crippen LogP contribution in [0.5, 0.6) is 0 Å². The summed E-state index contributed by atoms with van der Waals surface area (Å²) in [4.78, 5) is 11.4. The monoisotopic (exact) mass is 169 g/mol. The van der Waals surface area contributed by atoms with Gasteiger partial charge in [0.25, 0.3) is 0 Å². The van der Waals surface area contributed by atoms with Crippen molar-refractivity contribution in [3.05, 3.63) is 10.5 Å². The first-order valence-electron chi connectivity index (χ1n) is 3.14. The minimum Gasteiger partial charge on any atom is -0.465 e. The zero-order valence-corrected chi connectivity index (χ0v) is 6.90. The molecular formula is C7H7NO2S. The number of nitriles is 1. The Hall–Kier alpha value is -0.950. The molecule has 3 nitrogen and oxygen atoms in total. The molecule has 0 fully saturated rings. The van der Waals surface area contributed by atoms with Crippen LogP contribution in [-0.4, -0.2) is 18.8 Å². The summed E-state index contributed by atoms with van der Waals surface area (Å²) in [5.41, 5.74) is 0.557. The van der Waals surface area contributed by atoms with Gasteiger partial charge in [0.05, 0.1) is 18.8 Å². The van der Waals surface area contributed by atoms with Crippen molar-refractivity contribution in [2.24, 2.45) is 0 Å². The number of carbonyl (C=O) groups is 1. The quantitative estimate of drug-likeness (QED) is 0.551. The Balaban J connectivity index is 2.85. The number of esters is 1. The Bertz CT molecular complexity index is 252. The molecule has 1 rings (SSSR count). The normalized spacial score (nSPS) is 16.4. The summed E-state index contributed by atoms with van der Waals surface area (Å²) in [6.45, 7) is 0. The summed E-state index contributed by atoms with van der Waals surface area (Å²) >= 11 is 1.39. The van der Waals surface area contributed by atoms with E-state index in [1.807, 2.05) is 6.07 Å². The predicted molar refractivity (Wildman–Crippen MR) is 41.7 cm³/mol. The maximum Gasteiger partial charge on any atom is 0.345 e. The van der Waals surface area contributed by atoms with Gasteiger partial charge >= 0.3 is 5.97 Å². The van der Waals surface area contributed by atoms with Crippen molar-refractivity contribution in [1.29, 1.82) is 5.26 Å². The summed E-state index contributed by atoms with van der Waals surface area (Å²) in [7, 11) is 1.32. The molecule has 58 valence electrons. The molecule has 0 aromatic heterocycles. The van der Waals surface area contributed by atoms with Gasteiger partial charge < -0.3 is 4.74 Å². The van der Waals surface area contributed by atoms with E-state index in [1.54, 1.807) is 0 Å². The number of carbonyl (C=O) groups excluding carboxylic acids is 1. The molecule has 0 aromatic carbocycles. The summed E-state index contributed by atoms with van der Waals surface area (Å²) in [5, 5.41) is 8.55. The van der Waals surface area contributed by atoms with Gasteiger partial charge in [-0.3, -0.25) is 0 Å². The second-order valence-corrected chi connectivity index (χ2v) is 3.11. The van der Waals surface area contributed by atoms with Crippen LogP contribution in [0.15, 0.2) is 10.5 Å². The lowest BCUT2D eigenvalue weighted by molar-refractivity contribution is -0.135. The lowest BCUT2D eigenvalue weighted by Crippen LogP contribution is -2.01. The van der Waals surface area contributed by atoms with E-state index in [0.29, 0.717) is 16.9 Å². The van der Waals surface area contributed by atoms with Crippen molar-refractivity contribution in [2.75, 3.05) is 12.9 Å². The van der Waals surface area contributed by atoms with Crippen LogP contribution in [0.4, 0.5) is 0 Å². The summed E-state index contributed by atoms with van der Waals surface area (Å²) in [6.07, 6.45) is 0.686. The Morgan fingerprint density at radius 1 is 1.82 bits per heavy atom. The van der Waals surface area contributed by atoms with E-state index >= 15 is 0 Å². The van der Waals surface area contributed by atoms with E-state index in [1.165, 1.54) is 18.9 Å². The first-order valence-corrected chi connectivity index (χ1v) is 4.12. The van der Waals surface area contributed by atoms with Gasteiger partial charge in [0.2, 0.25) is 0 Å². The van der Waals surface area contributed by atoms with Gasteiger partial charge in [-0.1, -0.05) is 0 Å². The fourth-order valence-corrected chi connectivity index (χ4v) is 1.87. The molecule has 4 heteroatoms. The molecule has 0 saturated heterocycles. The van der Waals surface area contributed by atoms with Crippen molar-refractivity contribution < 1.29 is 9.53 Å². The third kappa shape index (κ3) is 1.55. The number of hydrogen-bond acceptors (Lipinski definition) is 4. The fourth-order valence-electron chi connectivity index (χ4n) is 0.837. The van der Waals surface area contributed by atoms with Crippen LogP contribution >= 0.6 is 11.8 Å². The van der Waals surface area contributed by atoms with Crippen molar-refractivity contribution >= 4 is 17.7 Å². The van der Waals surface area contributed by atoms with Crippen LogP contribution in [0, 0.1) is 11.3 Å². The first-order chi connectivity index (χ1) is 5.29. The molecule has 0 aromatic rings.